The van der Waals surface area contributed by atoms with Crippen LogP contribution in [0.2, 0.25) is 0 Å². The van der Waals surface area contributed by atoms with Gasteiger partial charge >= 0.3 is 6.09 Å². The van der Waals surface area contributed by atoms with Gasteiger partial charge in [0, 0.05) is 17.4 Å². The van der Waals surface area contributed by atoms with Gasteiger partial charge in [0.15, 0.2) is 0 Å². The summed E-state index contributed by atoms with van der Waals surface area (Å²) in [7, 11) is -4.15. The second kappa shape index (κ2) is 10.2. The van der Waals surface area contributed by atoms with Crippen LogP contribution < -0.4 is 11.1 Å². The number of primary amides is 1. The van der Waals surface area contributed by atoms with Crippen LogP contribution in [0.25, 0.3) is 0 Å². The summed E-state index contributed by atoms with van der Waals surface area (Å²) in [6.07, 6.45) is -0.262. The maximum absolute atomic E-state index is 13.6. The third kappa shape index (κ3) is 6.12. The van der Waals surface area contributed by atoms with E-state index in [0.717, 1.165) is 12.8 Å². The van der Waals surface area contributed by atoms with Gasteiger partial charge < -0.3 is 20.7 Å². The van der Waals surface area contributed by atoms with Crippen LogP contribution >= 0.6 is 15.9 Å². The Bertz CT molecular complexity index is 1160. The van der Waals surface area contributed by atoms with Gasteiger partial charge in [0.25, 0.3) is 10.1 Å². The van der Waals surface area contributed by atoms with E-state index in [1.54, 1.807) is 32.9 Å². The predicted molar refractivity (Wildman–Crippen MR) is 138 cm³/mol. The Balaban J connectivity index is 1.44. The summed E-state index contributed by atoms with van der Waals surface area (Å²) < 4.78 is 37.2. The largest absolute Gasteiger partial charge is 0.446 e. The first-order valence-corrected chi connectivity index (χ1v) is 14.6. The topological polar surface area (TPSA) is 145 Å². The highest BCUT2D eigenvalue weighted by Crippen LogP contribution is 2.57. The Labute approximate surface area is 225 Å². The first-order chi connectivity index (χ1) is 17.2. The Morgan fingerprint density at radius 2 is 1.68 bits per heavy atom. The lowest BCUT2D eigenvalue weighted by molar-refractivity contribution is -0.141. The Kier molecular flexibility index (Phi) is 7.66. The molecule has 0 radical (unpaired) electrons. The number of fused-ring (bicyclic) bond motifs is 1. The zero-order valence-corrected chi connectivity index (χ0v) is 23.8. The van der Waals surface area contributed by atoms with Gasteiger partial charge in [-0.15, -0.1) is 0 Å². The van der Waals surface area contributed by atoms with Crippen molar-refractivity contribution in [2.24, 2.45) is 28.9 Å². The van der Waals surface area contributed by atoms with Gasteiger partial charge in [-0.3, -0.25) is 13.8 Å². The number of nitrogens with zero attached hydrogens (tertiary/aromatic N) is 1. The second-order valence-electron chi connectivity index (χ2n) is 11.4. The number of carbonyl (C=O) groups excluding carboxylic acids is 3. The van der Waals surface area contributed by atoms with Crippen LogP contribution in [0.3, 0.4) is 0 Å². The summed E-state index contributed by atoms with van der Waals surface area (Å²) in [6.45, 7) is 7.37. The van der Waals surface area contributed by atoms with Crippen LogP contribution in [0.4, 0.5) is 4.79 Å². The Morgan fingerprint density at radius 1 is 1.08 bits per heavy atom. The van der Waals surface area contributed by atoms with Gasteiger partial charge in [-0.05, 0) is 60.3 Å². The van der Waals surface area contributed by atoms with Crippen molar-refractivity contribution in [3.05, 3.63) is 28.7 Å². The van der Waals surface area contributed by atoms with E-state index < -0.39 is 51.6 Å². The monoisotopic (exact) mass is 599 g/mol. The first kappa shape index (κ1) is 27.8. The molecule has 1 saturated heterocycles. The predicted octanol–water partition coefficient (Wildman–Crippen LogP) is 2.79. The van der Waals surface area contributed by atoms with Crippen LogP contribution in [-0.2, 0) is 28.6 Å². The van der Waals surface area contributed by atoms with Gasteiger partial charge in [-0.25, -0.2) is 4.79 Å². The summed E-state index contributed by atoms with van der Waals surface area (Å²) in [5.74, 6) is 0.544. The molecule has 0 spiro atoms. The number of ether oxygens (including phenoxy) is 1. The van der Waals surface area contributed by atoms with Crippen molar-refractivity contribution in [3.63, 3.8) is 0 Å². The second-order valence-corrected chi connectivity index (χ2v) is 13.9. The fourth-order valence-corrected chi connectivity index (χ4v) is 6.89. The quantitative estimate of drug-likeness (QED) is 0.458. The summed E-state index contributed by atoms with van der Waals surface area (Å²) in [5.41, 5.74) is 4.84. The molecule has 3 amide bonds. The number of nitrogens with one attached hydrogen (secondary N) is 1. The van der Waals surface area contributed by atoms with Gasteiger partial charge in [0.2, 0.25) is 11.8 Å². The maximum atomic E-state index is 13.6. The lowest BCUT2D eigenvalue weighted by Crippen LogP contribution is -2.57. The van der Waals surface area contributed by atoms with E-state index in [-0.39, 0.29) is 24.0 Å². The summed E-state index contributed by atoms with van der Waals surface area (Å²) in [6, 6.07) is 3.81. The minimum Gasteiger partial charge on any atom is -0.446 e. The summed E-state index contributed by atoms with van der Waals surface area (Å²) >= 11 is 3.26. The molecule has 3 aliphatic rings. The third-order valence-corrected chi connectivity index (χ3v) is 9.62. The third-order valence-electron chi connectivity index (χ3n) is 7.72. The standard InChI is InChI=1S/C25H34BrN3O7S/c1-13-18-9-15(10-19(13)18)35-24(32)28-21(25(2,3)4)23(31)29-12-16(11-20(29)22(27)30)36-37(33,34)17-7-5-14(26)6-8-17/h5-8,13,15-16,18-21H,9-12H2,1-4H3,(H2,27,30)(H,28,32)/t13-,15+,16-,18+,19-,20-,21+/m0/s1. The molecule has 4 rings (SSSR count). The SMILES string of the molecule is C[C@H]1[C@H]2C[C@@H](OC(=O)N[C@H](C(=O)N3C[C@@H](OS(=O)(=O)c4ccc(Br)cc4)C[C@H]3C(N)=O)C(C)(C)C)C[C@@H]12. The van der Waals surface area contributed by atoms with E-state index in [1.165, 1.54) is 17.0 Å². The number of likely N-dealkylation sites (tertiary alicyclic amines) is 1. The molecule has 2 aliphatic carbocycles. The number of amides is 3. The number of hydrogen-bond acceptors (Lipinski definition) is 7. The normalized spacial score (nSPS) is 29.9. The zero-order chi connectivity index (χ0) is 27.3. The minimum atomic E-state index is -4.15. The average molecular weight is 601 g/mol. The highest BCUT2D eigenvalue weighted by molar-refractivity contribution is 9.10. The van der Waals surface area contributed by atoms with Crippen LogP contribution in [0, 0.1) is 23.2 Å². The lowest BCUT2D eigenvalue weighted by atomic mass is 9.85. The van der Waals surface area contributed by atoms with E-state index in [2.05, 4.69) is 28.2 Å². The zero-order valence-electron chi connectivity index (χ0n) is 21.3. The van der Waals surface area contributed by atoms with Crippen molar-refractivity contribution in [2.75, 3.05) is 6.54 Å². The summed E-state index contributed by atoms with van der Waals surface area (Å²) in [4.78, 5) is 39.7. The molecule has 0 aromatic heterocycles. The van der Waals surface area contributed by atoms with Crippen molar-refractivity contribution in [1.29, 1.82) is 0 Å². The molecule has 0 unspecified atom stereocenters. The maximum Gasteiger partial charge on any atom is 0.408 e. The van der Waals surface area contributed by atoms with Crippen molar-refractivity contribution in [2.45, 2.75) is 76.1 Å². The Morgan fingerprint density at radius 3 is 2.22 bits per heavy atom. The van der Waals surface area contributed by atoms with E-state index in [9.17, 15) is 22.8 Å². The number of alkyl carbamates (subject to hydrolysis) is 1. The van der Waals surface area contributed by atoms with Crippen molar-refractivity contribution < 1.29 is 31.7 Å². The smallest absolute Gasteiger partial charge is 0.408 e. The molecule has 3 N–H and O–H groups in total. The van der Waals surface area contributed by atoms with Gasteiger partial charge in [0.1, 0.15) is 18.2 Å². The fourth-order valence-electron chi connectivity index (χ4n) is 5.55. The molecule has 12 heteroatoms. The minimum absolute atomic E-state index is 0.0491. The highest BCUT2D eigenvalue weighted by Gasteiger charge is 2.54. The van der Waals surface area contributed by atoms with E-state index in [1.807, 2.05) is 0 Å². The van der Waals surface area contributed by atoms with Crippen molar-refractivity contribution >= 4 is 44.0 Å². The van der Waals surface area contributed by atoms with Crippen LogP contribution in [0.15, 0.2) is 33.6 Å². The molecule has 0 bridgehead atoms. The number of rotatable bonds is 7. The van der Waals surface area contributed by atoms with Gasteiger partial charge in [-0.1, -0.05) is 43.6 Å². The number of nitrogens with two attached hydrogens (primary N) is 1. The van der Waals surface area contributed by atoms with Crippen LogP contribution in [-0.4, -0.2) is 62.1 Å². The first-order valence-electron chi connectivity index (χ1n) is 12.4. The van der Waals surface area contributed by atoms with Crippen LogP contribution in [0.5, 0.6) is 0 Å². The van der Waals surface area contributed by atoms with Gasteiger partial charge in [0.05, 0.1) is 11.0 Å². The molecule has 2 saturated carbocycles. The Hall–Kier alpha value is -2.18. The summed E-state index contributed by atoms with van der Waals surface area (Å²) in [5, 5.41) is 2.69. The van der Waals surface area contributed by atoms with E-state index in [4.69, 9.17) is 14.7 Å². The molecule has 37 heavy (non-hydrogen) atoms. The molecule has 3 fully saturated rings. The molecule has 1 aromatic carbocycles. The van der Waals surface area contributed by atoms with Crippen molar-refractivity contribution in [1.82, 2.24) is 10.2 Å². The number of benzene rings is 1. The average Bonchev–Trinajstić information content (AvgIpc) is 3.15. The molecule has 1 aliphatic heterocycles. The van der Waals surface area contributed by atoms with Crippen molar-refractivity contribution in [3.8, 4) is 0 Å². The number of halogens is 1. The van der Waals surface area contributed by atoms with Crippen LogP contribution in [0.1, 0.15) is 47.0 Å². The highest BCUT2D eigenvalue weighted by atomic mass is 79.9. The number of hydrogen-bond donors (Lipinski definition) is 2. The lowest BCUT2D eigenvalue weighted by Gasteiger charge is -2.35. The molecule has 1 aromatic rings. The fraction of sp³-hybridized carbons (Fsp3) is 0.640. The van der Waals surface area contributed by atoms with E-state index in [0.29, 0.717) is 22.2 Å². The van der Waals surface area contributed by atoms with E-state index >= 15 is 0 Å². The molecule has 10 nitrogen and oxygen atoms in total. The molecular formula is C25H34BrN3O7S. The number of carbonyl (C=O) groups is 3. The molecule has 1 heterocycles. The van der Waals surface area contributed by atoms with Gasteiger partial charge in [-0.2, -0.15) is 8.42 Å². The molecule has 7 atom stereocenters. The molecular weight excluding hydrogens is 566 g/mol. The molecule has 204 valence electrons.